The van der Waals surface area contributed by atoms with E-state index in [1.165, 1.54) is 4.85 Å². The average Bonchev–Trinajstić information content (AvgIpc) is 2.12. The summed E-state index contributed by atoms with van der Waals surface area (Å²) in [5.41, 5.74) is -0.175. The second kappa shape index (κ2) is 2.33. The summed E-state index contributed by atoms with van der Waals surface area (Å²) < 4.78 is 0. The molecule has 0 aromatic carbocycles. The van der Waals surface area contributed by atoms with Gasteiger partial charge in [0.05, 0.1) is 12.4 Å². The lowest BCUT2D eigenvalue weighted by Crippen LogP contribution is -2.31. The molecule has 0 bridgehead atoms. The average molecular weight is 140 g/mol. The fourth-order valence-electron chi connectivity index (χ4n) is 0.589. The van der Waals surface area contributed by atoms with E-state index >= 15 is 0 Å². The summed E-state index contributed by atoms with van der Waals surface area (Å²) in [6.07, 6.45) is 3.46. The van der Waals surface area contributed by atoms with Crippen molar-refractivity contribution in [2.45, 2.75) is 26.4 Å². The lowest BCUT2D eigenvalue weighted by atomic mass is 10.2. The van der Waals surface area contributed by atoms with E-state index in [-0.39, 0.29) is 5.60 Å². The monoisotopic (exact) mass is 140 g/mol. The van der Waals surface area contributed by atoms with E-state index in [9.17, 15) is 0 Å². The van der Waals surface area contributed by atoms with Crippen LogP contribution in [0, 0.1) is 0 Å². The third-order valence-corrected chi connectivity index (χ3v) is 0.848. The Balaban J connectivity index is 2.57. The summed E-state index contributed by atoms with van der Waals surface area (Å²) in [6.45, 7) is 5.94. The molecule has 0 radical (unpaired) electrons. The Hall–Kier alpha value is -0.990. The van der Waals surface area contributed by atoms with Gasteiger partial charge in [-0.25, -0.2) is 0 Å². The maximum atomic E-state index is 5.35. The quantitative estimate of drug-likeness (QED) is 0.584. The van der Waals surface area contributed by atoms with Crippen molar-refractivity contribution in [2.24, 2.45) is 0 Å². The molecular weight excluding hydrogens is 128 g/mol. The Labute approximate surface area is 60.6 Å². The van der Waals surface area contributed by atoms with Gasteiger partial charge in [-0.05, 0) is 26.8 Å². The highest BCUT2D eigenvalue weighted by molar-refractivity contribution is 4.76. The van der Waals surface area contributed by atoms with Crippen molar-refractivity contribution in [2.75, 3.05) is 0 Å². The summed E-state index contributed by atoms with van der Waals surface area (Å²) in [6, 6.07) is 1.83. The molecule has 10 heavy (non-hydrogen) atoms. The molecule has 3 heteroatoms. The van der Waals surface area contributed by atoms with Crippen molar-refractivity contribution in [1.29, 1.82) is 0 Å². The van der Waals surface area contributed by atoms with Gasteiger partial charge in [-0.15, -0.1) is 9.94 Å². The van der Waals surface area contributed by atoms with E-state index in [0.717, 1.165) is 0 Å². The van der Waals surface area contributed by atoms with Gasteiger partial charge < -0.3 is 4.84 Å². The lowest BCUT2D eigenvalue weighted by Gasteiger charge is -2.19. The van der Waals surface area contributed by atoms with Crippen LogP contribution in [0.1, 0.15) is 20.8 Å². The highest BCUT2D eigenvalue weighted by Gasteiger charge is 2.11. The zero-order chi connectivity index (χ0) is 7.61. The number of hydrogen-bond acceptors (Lipinski definition) is 2. The Morgan fingerprint density at radius 1 is 1.40 bits per heavy atom. The predicted molar refractivity (Wildman–Crippen MR) is 38.6 cm³/mol. The molecule has 1 heterocycles. The van der Waals surface area contributed by atoms with Gasteiger partial charge in [0.2, 0.25) is 0 Å². The Bertz CT molecular complexity index is 186. The second-order valence-corrected chi connectivity index (χ2v) is 3.11. The minimum atomic E-state index is -0.175. The molecule has 0 saturated carbocycles. The first kappa shape index (κ1) is 7.12. The normalized spacial score (nSPS) is 11.5. The Morgan fingerprint density at radius 3 is 2.50 bits per heavy atom. The van der Waals surface area contributed by atoms with E-state index < -0.39 is 0 Å². The molecule has 3 nitrogen and oxygen atoms in total. The van der Waals surface area contributed by atoms with Crippen molar-refractivity contribution in [3.8, 4) is 0 Å². The molecule has 0 aliphatic rings. The van der Waals surface area contributed by atoms with Crippen LogP contribution in [0.5, 0.6) is 0 Å². The lowest BCUT2D eigenvalue weighted by molar-refractivity contribution is -0.0335. The van der Waals surface area contributed by atoms with Crippen molar-refractivity contribution in [3.63, 3.8) is 0 Å². The van der Waals surface area contributed by atoms with Gasteiger partial charge in [0.15, 0.2) is 0 Å². The van der Waals surface area contributed by atoms with E-state index in [0.29, 0.717) is 0 Å². The van der Waals surface area contributed by atoms with E-state index in [2.05, 4.69) is 5.10 Å². The van der Waals surface area contributed by atoms with Crippen LogP contribution >= 0.6 is 0 Å². The minimum Gasteiger partial charge on any atom is -0.391 e. The van der Waals surface area contributed by atoms with Gasteiger partial charge in [-0.2, -0.15) is 0 Å². The van der Waals surface area contributed by atoms with Crippen LogP contribution in [-0.4, -0.2) is 15.5 Å². The molecule has 1 aromatic rings. The molecule has 56 valence electrons. The van der Waals surface area contributed by atoms with Gasteiger partial charge in [-0.1, -0.05) is 0 Å². The maximum Gasteiger partial charge on any atom is 0.129 e. The van der Waals surface area contributed by atoms with Crippen LogP contribution in [0.15, 0.2) is 18.5 Å². The van der Waals surface area contributed by atoms with Crippen LogP contribution in [0.2, 0.25) is 0 Å². The van der Waals surface area contributed by atoms with Crippen LogP contribution in [0.4, 0.5) is 0 Å². The van der Waals surface area contributed by atoms with Crippen LogP contribution < -0.4 is 4.84 Å². The van der Waals surface area contributed by atoms with Crippen LogP contribution in [-0.2, 0) is 0 Å². The number of aromatic nitrogens is 2. The van der Waals surface area contributed by atoms with Gasteiger partial charge in [0.25, 0.3) is 0 Å². The number of rotatable bonds is 1. The first-order valence-corrected chi connectivity index (χ1v) is 3.27. The van der Waals surface area contributed by atoms with Crippen molar-refractivity contribution < 1.29 is 4.84 Å². The van der Waals surface area contributed by atoms with E-state index in [1.54, 1.807) is 12.4 Å². The third-order valence-electron chi connectivity index (χ3n) is 0.848. The minimum absolute atomic E-state index is 0.175. The first-order valence-electron chi connectivity index (χ1n) is 3.27. The van der Waals surface area contributed by atoms with Crippen molar-refractivity contribution in [3.05, 3.63) is 18.5 Å². The molecule has 1 rings (SSSR count). The highest BCUT2D eigenvalue weighted by Crippen LogP contribution is 2.01. The largest absolute Gasteiger partial charge is 0.391 e. The summed E-state index contributed by atoms with van der Waals surface area (Å²) in [5.74, 6) is 0. The smallest absolute Gasteiger partial charge is 0.129 e. The topological polar surface area (TPSA) is 27.1 Å². The number of hydrogen-bond donors (Lipinski definition) is 0. The van der Waals surface area contributed by atoms with Crippen LogP contribution in [0.3, 0.4) is 0 Å². The SMILES string of the molecule is CC(C)(C)On1cccn1. The zero-order valence-electron chi connectivity index (χ0n) is 6.53. The zero-order valence-corrected chi connectivity index (χ0v) is 6.53. The molecular formula is C7H12N2O. The van der Waals surface area contributed by atoms with Crippen molar-refractivity contribution in [1.82, 2.24) is 9.94 Å². The molecule has 0 amide bonds. The fraction of sp³-hybridized carbons (Fsp3) is 0.571. The van der Waals surface area contributed by atoms with E-state index in [1.807, 2.05) is 26.8 Å². The molecule has 0 aliphatic carbocycles. The predicted octanol–water partition coefficient (Wildman–Crippen LogP) is 1.11. The molecule has 0 unspecified atom stereocenters. The van der Waals surface area contributed by atoms with Crippen LogP contribution in [0.25, 0.3) is 0 Å². The van der Waals surface area contributed by atoms with Gasteiger partial charge in [-0.3, -0.25) is 0 Å². The molecule has 0 N–H and O–H groups in total. The number of nitrogens with zero attached hydrogens (tertiary/aromatic N) is 2. The summed E-state index contributed by atoms with van der Waals surface area (Å²) >= 11 is 0. The van der Waals surface area contributed by atoms with Crippen molar-refractivity contribution >= 4 is 0 Å². The van der Waals surface area contributed by atoms with Gasteiger partial charge in [0.1, 0.15) is 5.60 Å². The summed E-state index contributed by atoms with van der Waals surface area (Å²) in [4.78, 5) is 6.81. The summed E-state index contributed by atoms with van der Waals surface area (Å²) in [7, 11) is 0. The second-order valence-electron chi connectivity index (χ2n) is 3.11. The molecule has 0 spiro atoms. The molecule has 0 fully saturated rings. The van der Waals surface area contributed by atoms with E-state index in [4.69, 9.17) is 4.84 Å². The highest BCUT2D eigenvalue weighted by atomic mass is 16.7. The molecule has 1 aromatic heterocycles. The standard InChI is InChI=1S/C7H12N2O/c1-7(2,3)10-9-6-4-5-8-9/h4-6H,1-3H3. The maximum absolute atomic E-state index is 5.35. The van der Waals surface area contributed by atoms with Gasteiger partial charge in [0, 0.05) is 0 Å². The Morgan fingerprint density at radius 2 is 2.10 bits per heavy atom. The fourth-order valence-corrected chi connectivity index (χ4v) is 0.589. The summed E-state index contributed by atoms with van der Waals surface area (Å²) in [5, 5.41) is 3.90. The first-order chi connectivity index (χ1) is 4.58. The molecule has 0 atom stereocenters. The molecule has 0 saturated heterocycles. The van der Waals surface area contributed by atoms with Gasteiger partial charge >= 0.3 is 0 Å². The Kier molecular flexibility index (Phi) is 1.66. The third kappa shape index (κ3) is 2.09. The molecule has 0 aliphatic heterocycles.